The molecule has 0 spiro atoms. The van der Waals surface area contributed by atoms with Gasteiger partial charge in [0.15, 0.2) is 5.96 Å². The van der Waals surface area contributed by atoms with Crippen LogP contribution in [0.5, 0.6) is 0 Å². The van der Waals surface area contributed by atoms with E-state index in [1.54, 1.807) is 49.2 Å². The number of aliphatic imine (C=N–C) groups is 1. The molecule has 0 fully saturated rings. The van der Waals surface area contributed by atoms with Crippen LogP contribution in [-0.4, -0.2) is 33.9 Å². The molecule has 2 aromatic rings. The lowest BCUT2D eigenvalue weighted by molar-refractivity contribution is 0.0616. The van der Waals surface area contributed by atoms with Gasteiger partial charge in [-0.3, -0.25) is 4.68 Å². The van der Waals surface area contributed by atoms with Gasteiger partial charge in [-0.2, -0.15) is 5.10 Å². The second-order valence-corrected chi connectivity index (χ2v) is 5.82. The van der Waals surface area contributed by atoms with Gasteiger partial charge in [0.25, 0.3) is 0 Å². The first-order valence-electron chi connectivity index (χ1n) is 7.89. The maximum atomic E-state index is 13.7. The number of nitrogens with zero attached hydrogens (tertiary/aromatic N) is 3. The van der Waals surface area contributed by atoms with Crippen LogP contribution in [0.2, 0.25) is 0 Å². The summed E-state index contributed by atoms with van der Waals surface area (Å²) in [4.78, 5) is 4.37. The lowest BCUT2D eigenvalue weighted by Crippen LogP contribution is -2.44. The van der Waals surface area contributed by atoms with Gasteiger partial charge in [-0.25, -0.2) is 9.38 Å². The fourth-order valence-electron chi connectivity index (χ4n) is 2.19. The maximum absolute atomic E-state index is 13.7. The molecule has 1 atom stereocenters. The van der Waals surface area contributed by atoms with Gasteiger partial charge in [-0.1, -0.05) is 18.2 Å². The zero-order valence-electron chi connectivity index (χ0n) is 14.7. The van der Waals surface area contributed by atoms with Crippen molar-refractivity contribution in [3.8, 4) is 0 Å². The molecule has 138 valence electrons. The number of rotatable bonds is 6. The summed E-state index contributed by atoms with van der Waals surface area (Å²) in [5, 5.41) is 20.8. The molecule has 1 heterocycles. The summed E-state index contributed by atoms with van der Waals surface area (Å²) in [6.45, 7) is 4.79. The molecule has 8 heteroatoms. The highest BCUT2D eigenvalue weighted by Gasteiger charge is 2.24. The Morgan fingerprint density at radius 1 is 1.36 bits per heavy atom. The number of nitrogens with one attached hydrogen (secondary N) is 2. The zero-order valence-corrected chi connectivity index (χ0v) is 17.0. The van der Waals surface area contributed by atoms with Gasteiger partial charge in [0.1, 0.15) is 11.4 Å². The Morgan fingerprint density at radius 3 is 2.68 bits per heavy atom. The van der Waals surface area contributed by atoms with Crippen molar-refractivity contribution in [1.82, 2.24) is 20.4 Å². The minimum atomic E-state index is -1.09. The number of hydrogen-bond donors (Lipinski definition) is 3. The van der Waals surface area contributed by atoms with Crippen LogP contribution in [-0.2, 0) is 19.2 Å². The van der Waals surface area contributed by atoms with Crippen LogP contribution >= 0.6 is 24.0 Å². The van der Waals surface area contributed by atoms with Crippen molar-refractivity contribution in [1.29, 1.82) is 0 Å². The molecule has 0 aliphatic carbocycles. The summed E-state index contributed by atoms with van der Waals surface area (Å²) in [5.74, 6) is 0.240. The summed E-state index contributed by atoms with van der Waals surface area (Å²) in [5.41, 5.74) is 0.138. The van der Waals surface area contributed by atoms with Gasteiger partial charge in [0, 0.05) is 30.9 Å². The predicted molar refractivity (Wildman–Crippen MR) is 107 cm³/mol. The number of hydrogen-bond acceptors (Lipinski definition) is 3. The SMILES string of the molecule is CCNC(=NCc1ccccc1F)NCC(C)(O)c1cnn(C)c1.I. The summed E-state index contributed by atoms with van der Waals surface area (Å²) >= 11 is 0. The number of aryl methyl sites for hydroxylation is 1. The Hall–Kier alpha value is -1.68. The largest absolute Gasteiger partial charge is 0.383 e. The van der Waals surface area contributed by atoms with E-state index in [4.69, 9.17) is 0 Å². The van der Waals surface area contributed by atoms with Crippen molar-refractivity contribution in [2.45, 2.75) is 26.0 Å². The van der Waals surface area contributed by atoms with E-state index < -0.39 is 5.60 Å². The van der Waals surface area contributed by atoms with Crippen LogP contribution in [0, 0.1) is 5.82 Å². The average molecular weight is 461 g/mol. The van der Waals surface area contributed by atoms with Gasteiger partial charge < -0.3 is 15.7 Å². The normalized spacial score (nSPS) is 13.7. The predicted octanol–water partition coefficient (Wildman–Crippen LogP) is 2.14. The van der Waals surface area contributed by atoms with E-state index in [9.17, 15) is 9.50 Å². The number of aliphatic hydroxyl groups is 1. The van der Waals surface area contributed by atoms with E-state index >= 15 is 0 Å². The molecule has 6 nitrogen and oxygen atoms in total. The van der Waals surface area contributed by atoms with Crippen LogP contribution < -0.4 is 10.6 Å². The van der Waals surface area contributed by atoms with Gasteiger partial charge >= 0.3 is 0 Å². The number of halogens is 2. The van der Waals surface area contributed by atoms with E-state index in [1.807, 2.05) is 6.92 Å². The molecule has 0 radical (unpaired) electrons. The topological polar surface area (TPSA) is 74.5 Å². The van der Waals surface area contributed by atoms with Gasteiger partial charge in [0.05, 0.1) is 19.3 Å². The van der Waals surface area contributed by atoms with Crippen molar-refractivity contribution in [3.05, 3.63) is 53.6 Å². The Kier molecular flexibility index (Phi) is 8.30. The quantitative estimate of drug-likeness (QED) is 0.350. The minimum absolute atomic E-state index is 0. The molecule has 0 aliphatic rings. The molecule has 1 aromatic heterocycles. The molecule has 3 N–H and O–H groups in total. The summed E-state index contributed by atoms with van der Waals surface area (Å²) in [6, 6.07) is 6.55. The van der Waals surface area contributed by atoms with E-state index in [-0.39, 0.29) is 42.9 Å². The first-order valence-corrected chi connectivity index (χ1v) is 7.89. The molecule has 0 aliphatic heterocycles. The number of aromatic nitrogens is 2. The van der Waals surface area contributed by atoms with Gasteiger partial charge in [-0.15, -0.1) is 24.0 Å². The lowest BCUT2D eigenvalue weighted by Gasteiger charge is -2.23. The smallest absolute Gasteiger partial charge is 0.191 e. The lowest BCUT2D eigenvalue weighted by atomic mass is 10.00. The third kappa shape index (κ3) is 6.28. The maximum Gasteiger partial charge on any atom is 0.191 e. The molecule has 25 heavy (non-hydrogen) atoms. The average Bonchev–Trinajstić information content (AvgIpc) is 2.99. The molecule has 1 aromatic carbocycles. The third-order valence-corrected chi connectivity index (χ3v) is 3.64. The van der Waals surface area contributed by atoms with Crippen molar-refractivity contribution in [2.75, 3.05) is 13.1 Å². The van der Waals surface area contributed by atoms with Gasteiger partial charge in [0.2, 0.25) is 0 Å². The van der Waals surface area contributed by atoms with Crippen LogP contribution in [0.25, 0.3) is 0 Å². The molecule has 0 saturated carbocycles. The molecule has 1 unspecified atom stereocenters. The summed E-state index contributed by atoms with van der Waals surface area (Å²) in [7, 11) is 1.80. The zero-order chi connectivity index (χ0) is 17.6. The molecule has 0 saturated heterocycles. The van der Waals surface area contributed by atoms with Crippen molar-refractivity contribution in [3.63, 3.8) is 0 Å². The summed E-state index contributed by atoms with van der Waals surface area (Å²) < 4.78 is 15.3. The van der Waals surface area contributed by atoms with Crippen LogP contribution in [0.3, 0.4) is 0 Å². The Labute approximate surface area is 164 Å². The Morgan fingerprint density at radius 2 is 2.08 bits per heavy atom. The van der Waals surface area contributed by atoms with E-state index in [1.165, 1.54) is 6.07 Å². The number of guanidine groups is 1. The monoisotopic (exact) mass is 461 g/mol. The van der Waals surface area contributed by atoms with Crippen molar-refractivity contribution >= 4 is 29.9 Å². The van der Waals surface area contributed by atoms with Crippen molar-refractivity contribution in [2.24, 2.45) is 12.0 Å². The van der Waals surface area contributed by atoms with E-state index in [2.05, 4.69) is 20.7 Å². The van der Waals surface area contributed by atoms with E-state index in [0.717, 1.165) is 0 Å². The Balaban J connectivity index is 0.00000312. The fourth-order valence-corrected chi connectivity index (χ4v) is 2.19. The van der Waals surface area contributed by atoms with Crippen molar-refractivity contribution < 1.29 is 9.50 Å². The summed E-state index contributed by atoms with van der Waals surface area (Å²) in [6.07, 6.45) is 3.40. The second kappa shape index (κ2) is 9.71. The molecular weight excluding hydrogens is 436 g/mol. The van der Waals surface area contributed by atoms with Gasteiger partial charge in [-0.05, 0) is 19.9 Å². The van der Waals surface area contributed by atoms with Crippen LogP contribution in [0.15, 0.2) is 41.7 Å². The number of benzene rings is 1. The van der Waals surface area contributed by atoms with E-state index in [0.29, 0.717) is 23.6 Å². The molecule has 0 amide bonds. The standard InChI is InChI=1S/C17H24FN5O.HI/c1-4-19-16(20-9-13-7-5-6-8-15(13)18)21-12-17(2,24)14-10-22-23(3)11-14;/h5-8,10-11,24H,4,9,12H2,1-3H3,(H2,19,20,21);1H. The molecule has 2 rings (SSSR count). The Bertz CT molecular complexity index is 702. The molecular formula is C17H25FIN5O. The van der Waals surface area contributed by atoms with Crippen LogP contribution in [0.4, 0.5) is 4.39 Å². The first kappa shape index (κ1) is 21.4. The highest BCUT2D eigenvalue weighted by molar-refractivity contribution is 14.0. The van der Waals surface area contributed by atoms with Crippen LogP contribution in [0.1, 0.15) is 25.0 Å². The highest BCUT2D eigenvalue weighted by Crippen LogP contribution is 2.18. The minimum Gasteiger partial charge on any atom is -0.383 e. The molecule has 0 bridgehead atoms. The second-order valence-electron chi connectivity index (χ2n) is 5.82. The highest BCUT2D eigenvalue weighted by atomic mass is 127. The third-order valence-electron chi connectivity index (χ3n) is 3.64. The first-order chi connectivity index (χ1) is 11.4. The fraction of sp³-hybridized carbons (Fsp3) is 0.412.